The maximum atomic E-state index is 13.6. The largest absolute Gasteiger partial charge is 0.469 e. The Labute approximate surface area is 461 Å². The predicted octanol–water partition coefficient (Wildman–Crippen LogP) is 3.90. The van der Waals surface area contributed by atoms with E-state index in [-0.39, 0.29) is 103 Å². The van der Waals surface area contributed by atoms with Crippen molar-refractivity contribution in [3.05, 3.63) is 126 Å². The zero-order valence-corrected chi connectivity index (χ0v) is 46.2. The van der Waals surface area contributed by atoms with Crippen LogP contribution in [-0.4, -0.2) is 135 Å². The molecule has 432 valence electrons. The van der Waals surface area contributed by atoms with E-state index in [1.54, 1.807) is 30.5 Å². The topological polar surface area (TPSA) is 321 Å². The van der Waals surface area contributed by atoms with E-state index in [0.29, 0.717) is 89.9 Å². The number of ether oxygens (including phenoxy) is 9. The molecular formula is C56H69N5O19. The highest BCUT2D eigenvalue weighted by Crippen LogP contribution is 2.34. The van der Waals surface area contributed by atoms with Crippen molar-refractivity contribution in [3.63, 3.8) is 0 Å². The minimum Gasteiger partial charge on any atom is -0.469 e. The third-order valence-corrected chi connectivity index (χ3v) is 13.6. The van der Waals surface area contributed by atoms with Gasteiger partial charge in [-0.1, -0.05) is 30.3 Å². The third kappa shape index (κ3) is 16.9. The van der Waals surface area contributed by atoms with E-state index < -0.39 is 60.5 Å². The number of carbonyl (C=O) groups excluding carboxylic acids is 9. The van der Waals surface area contributed by atoms with E-state index >= 15 is 0 Å². The highest BCUT2D eigenvalue weighted by atomic mass is 16.6. The standard InChI is InChI=1S/C56H69N5O19/c1-72-48(63)18-14-33-29-61(60-56(71)80-31-32-12-10-9-11-13-32)47(37(33)22-52(67)76-5)28-45-35(16-20-50(65)74-3)39(24-54(69)78-7)44(58-45)26-41-34(15-19-49(64)73-2)38(23-53(68)77-6)43(57-41)27-42-36(17-21-51(66)75-4)40(25-55(70)79-8)46(30-62)59-42/h9-13,29,57-59,62H,14-28,30-31H2,1-8H3,(H,60,71). The van der Waals surface area contributed by atoms with Crippen LogP contribution in [0.25, 0.3) is 0 Å². The van der Waals surface area contributed by atoms with Crippen molar-refractivity contribution >= 4 is 53.8 Å². The van der Waals surface area contributed by atoms with E-state index in [9.17, 15) is 48.3 Å². The number of aryl methyl sites for hydroxylation is 1. The molecule has 0 aliphatic carbocycles. The average Bonchev–Trinajstić information content (AvgIpc) is 4.17. The molecule has 1 amide bonds. The van der Waals surface area contributed by atoms with E-state index in [0.717, 1.165) is 0 Å². The smallest absolute Gasteiger partial charge is 0.426 e. The minimum absolute atomic E-state index is 0.000654. The molecular weight excluding hydrogens is 1050 g/mol. The summed E-state index contributed by atoms with van der Waals surface area (Å²) in [5, 5.41) is 10.5. The van der Waals surface area contributed by atoms with E-state index in [1.165, 1.54) is 61.6 Å². The summed E-state index contributed by atoms with van der Waals surface area (Å²) >= 11 is 0. The highest BCUT2D eigenvalue weighted by Gasteiger charge is 2.30. The number of methoxy groups -OCH3 is 8. The molecule has 4 heterocycles. The third-order valence-electron chi connectivity index (χ3n) is 13.6. The van der Waals surface area contributed by atoms with Crippen LogP contribution in [0.15, 0.2) is 36.5 Å². The maximum Gasteiger partial charge on any atom is 0.426 e. The van der Waals surface area contributed by atoms with Crippen LogP contribution in [-0.2, 0) is 165 Å². The van der Waals surface area contributed by atoms with Crippen molar-refractivity contribution in [1.82, 2.24) is 19.6 Å². The molecule has 24 nitrogen and oxygen atoms in total. The van der Waals surface area contributed by atoms with Gasteiger partial charge >= 0.3 is 53.8 Å². The SMILES string of the molecule is COC(=O)CCc1cn(NC(=O)OCc2ccccc2)c(Cc2[nH]c(Cc3[nH]c(Cc4[nH]c(CO)c(CC(=O)OC)c4CCC(=O)OC)c(CC(=O)OC)c3CCC(=O)OC)c(CC(=O)OC)c2CCC(=O)OC)c1CC(=O)OC. The number of amides is 1. The molecule has 0 atom stereocenters. The molecule has 0 unspecified atom stereocenters. The monoisotopic (exact) mass is 1120 g/mol. The predicted molar refractivity (Wildman–Crippen MR) is 281 cm³/mol. The van der Waals surface area contributed by atoms with E-state index in [1.807, 2.05) is 6.07 Å². The first-order chi connectivity index (χ1) is 38.4. The fourth-order valence-electron chi connectivity index (χ4n) is 9.46. The van der Waals surface area contributed by atoms with Gasteiger partial charge in [-0.2, -0.15) is 0 Å². The van der Waals surface area contributed by atoms with E-state index in [4.69, 9.17) is 42.6 Å². The van der Waals surface area contributed by atoms with Crippen LogP contribution in [0.3, 0.4) is 0 Å². The molecule has 1 aromatic carbocycles. The Morgan fingerprint density at radius 2 is 0.787 bits per heavy atom. The van der Waals surface area contributed by atoms with Crippen LogP contribution in [0.4, 0.5) is 4.79 Å². The Balaban J connectivity index is 1.78. The number of benzene rings is 1. The van der Waals surface area contributed by atoms with Crippen LogP contribution in [0.1, 0.15) is 116 Å². The molecule has 24 heteroatoms. The lowest BCUT2D eigenvalue weighted by Crippen LogP contribution is -2.25. The molecule has 0 bridgehead atoms. The Bertz CT molecular complexity index is 3020. The number of hydrogen-bond donors (Lipinski definition) is 5. The van der Waals surface area contributed by atoms with Gasteiger partial charge in [-0.25, -0.2) is 10.2 Å². The summed E-state index contributed by atoms with van der Waals surface area (Å²) in [6.07, 6.45) is -1.01. The molecule has 0 fully saturated rings. The number of esters is 8. The molecule has 0 aliphatic heterocycles. The Morgan fingerprint density at radius 3 is 1.19 bits per heavy atom. The molecule has 0 radical (unpaired) electrons. The van der Waals surface area contributed by atoms with Gasteiger partial charge in [0.25, 0.3) is 0 Å². The Hall–Kier alpha value is -8.67. The number of nitrogens with one attached hydrogen (secondary N) is 4. The van der Waals surface area contributed by atoms with Crippen molar-refractivity contribution in [2.24, 2.45) is 0 Å². The van der Waals surface area contributed by atoms with Gasteiger partial charge in [0.05, 0.1) is 89.2 Å². The van der Waals surface area contributed by atoms with Gasteiger partial charge in [0, 0.05) is 91.0 Å². The molecule has 80 heavy (non-hydrogen) atoms. The first-order valence-corrected chi connectivity index (χ1v) is 25.4. The molecule has 4 aromatic heterocycles. The summed E-state index contributed by atoms with van der Waals surface area (Å²) < 4.78 is 47.3. The van der Waals surface area contributed by atoms with Gasteiger partial charge in [-0.05, 0) is 75.8 Å². The van der Waals surface area contributed by atoms with Crippen molar-refractivity contribution in [3.8, 4) is 0 Å². The van der Waals surface area contributed by atoms with Crippen molar-refractivity contribution < 1.29 is 90.9 Å². The lowest BCUT2D eigenvalue weighted by molar-refractivity contribution is -0.141. The number of carbonyl (C=O) groups is 9. The number of aliphatic hydroxyl groups excluding tert-OH is 1. The molecule has 5 aromatic rings. The molecule has 5 rings (SSSR count). The van der Waals surface area contributed by atoms with Crippen molar-refractivity contribution in [1.29, 1.82) is 0 Å². The van der Waals surface area contributed by atoms with Gasteiger partial charge in [0.1, 0.15) is 6.61 Å². The molecule has 0 saturated heterocycles. The summed E-state index contributed by atoms with van der Waals surface area (Å²) in [7, 11) is 9.83. The quantitative estimate of drug-likeness (QED) is 0.0321. The first-order valence-electron chi connectivity index (χ1n) is 25.4. The normalized spacial score (nSPS) is 10.9. The summed E-state index contributed by atoms with van der Waals surface area (Å²) in [5.41, 5.74) is 9.90. The van der Waals surface area contributed by atoms with Gasteiger partial charge in [0.15, 0.2) is 0 Å². The summed E-state index contributed by atoms with van der Waals surface area (Å²) in [6.45, 7) is -0.603. The highest BCUT2D eigenvalue weighted by molar-refractivity contribution is 5.79. The van der Waals surface area contributed by atoms with Gasteiger partial charge in [-0.3, -0.25) is 43.0 Å². The molecule has 0 aliphatic rings. The molecule has 0 spiro atoms. The fourth-order valence-corrected chi connectivity index (χ4v) is 9.46. The second-order valence-electron chi connectivity index (χ2n) is 18.2. The zero-order valence-electron chi connectivity index (χ0n) is 46.2. The number of rotatable bonds is 30. The lowest BCUT2D eigenvalue weighted by atomic mass is 9.94. The van der Waals surface area contributed by atoms with Gasteiger partial charge in [-0.15, -0.1) is 0 Å². The van der Waals surface area contributed by atoms with Gasteiger partial charge < -0.3 is 62.7 Å². The Morgan fingerprint density at radius 1 is 0.438 bits per heavy atom. The summed E-state index contributed by atoms with van der Waals surface area (Å²) in [6, 6.07) is 8.95. The van der Waals surface area contributed by atoms with Crippen LogP contribution in [0.5, 0.6) is 0 Å². The second-order valence-corrected chi connectivity index (χ2v) is 18.2. The number of aromatic amines is 3. The first kappa shape index (κ1) is 62.2. The lowest BCUT2D eigenvalue weighted by Gasteiger charge is -2.14. The van der Waals surface area contributed by atoms with E-state index in [2.05, 4.69) is 20.4 Å². The second kappa shape index (κ2) is 30.5. The maximum absolute atomic E-state index is 13.6. The minimum atomic E-state index is -0.870. The number of aromatic nitrogens is 4. The number of hydrogen-bond acceptors (Lipinski definition) is 19. The fraction of sp³-hybridized carbons (Fsp3) is 0.446. The molecule has 5 N–H and O–H groups in total. The number of H-pyrrole nitrogens is 3. The van der Waals surface area contributed by atoms with Crippen molar-refractivity contribution in [2.75, 3.05) is 62.3 Å². The summed E-state index contributed by atoms with van der Waals surface area (Å²) in [4.78, 5) is 127. The summed E-state index contributed by atoms with van der Waals surface area (Å²) in [5.74, 6) is -4.76. The van der Waals surface area contributed by atoms with Crippen molar-refractivity contribution in [2.45, 2.75) is 110 Å². The Kier molecular flexibility index (Phi) is 23.7. The van der Waals surface area contributed by atoms with Gasteiger partial charge in [0.2, 0.25) is 0 Å². The molecule has 0 saturated carbocycles. The number of nitrogens with zero attached hydrogens (tertiary/aromatic N) is 1. The number of aliphatic hydroxyl groups is 1. The van der Waals surface area contributed by atoms with Crippen LogP contribution < -0.4 is 5.43 Å². The zero-order chi connectivity index (χ0) is 58.5. The average molecular weight is 1120 g/mol. The van der Waals surface area contributed by atoms with Crippen LogP contribution in [0.2, 0.25) is 0 Å². The van der Waals surface area contributed by atoms with Crippen LogP contribution in [0, 0.1) is 0 Å². The van der Waals surface area contributed by atoms with Crippen LogP contribution >= 0.6 is 0 Å².